The lowest BCUT2D eigenvalue weighted by molar-refractivity contribution is -0.168. The first-order valence-electron chi connectivity index (χ1n) is 10.1. The standard InChI is InChI=1S/C21H29N3O4/c22-13-5-4-9-17-19(25)23-14-6-10-16(23)20(26)24(17)18(21(27)28)12-11-15-7-2-1-3-8-15/h1-3,7-8,16-18H,4-6,9-14,22H2,(H,27,28)/t16-,17?,18?/m0/s1. The summed E-state index contributed by atoms with van der Waals surface area (Å²) in [5.74, 6) is -1.37. The Kier molecular flexibility index (Phi) is 6.67. The van der Waals surface area contributed by atoms with Crippen LogP contribution in [0.5, 0.6) is 0 Å². The first-order chi connectivity index (χ1) is 13.5. The van der Waals surface area contributed by atoms with Gasteiger partial charge in [-0.2, -0.15) is 0 Å². The van der Waals surface area contributed by atoms with Gasteiger partial charge < -0.3 is 20.6 Å². The number of carbonyl (C=O) groups is 3. The molecule has 2 fully saturated rings. The molecule has 7 nitrogen and oxygen atoms in total. The molecule has 0 radical (unpaired) electrons. The topological polar surface area (TPSA) is 104 Å². The largest absolute Gasteiger partial charge is 0.480 e. The zero-order valence-electron chi connectivity index (χ0n) is 16.1. The van der Waals surface area contributed by atoms with Gasteiger partial charge in [0, 0.05) is 6.54 Å². The summed E-state index contributed by atoms with van der Waals surface area (Å²) in [6, 6.07) is 7.41. The lowest BCUT2D eigenvalue weighted by atomic mass is 9.95. The third kappa shape index (κ3) is 4.19. The highest BCUT2D eigenvalue weighted by Crippen LogP contribution is 2.31. The highest BCUT2D eigenvalue weighted by molar-refractivity contribution is 5.99. The van der Waals surface area contributed by atoms with Crippen LogP contribution in [0.1, 0.15) is 44.1 Å². The number of aryl methyl sites for hydroxylation is 1. The minimum Gasteiger partial charge on any atom is -0.480 e. The fourth-order valence-electron chi connectivity index (χ4n) is 4.37. The van der Waals surface area contributed by atoms with Crippen molar-refractivity contribution in [1.82, 2.24) is 9.80 Å². The molecule has 3 atom stereocenters. The van der Waals surface area contributed by atoms with Crippen molar-refractivity contribution in [3.05, 3.63) is 35.9 Å². The van der Waals surface area contributed by atoms with E-state index in [9.17, 15) is 19.5 Å². The number of nitrogens with zero attached hydrogens (tertiary/aromatic N) is 2. The SMILES string of the molecule is NCCCCC1C(=O)N2CCC[C@H]2C(=O)N1C(CCc1ccccc1)C(=O)O. The minimum atomic E-state index is -1.05. The zero-order valence-corrected chi connectivity index (χ0v) is 16.1. The Morgan fingerprint density at radius 1 is 1.18 bits per heavy atom. The summed E-state index contributed by atoms with van der Waals surface area (Å²) >= 11 is 0. The molecule has 0 spiro atoms. The molecule has 2 aliphatic heterocycles. The molecular formula is C21H29N3O4. The lowest BCUT2D eigenvalue weighted by Gasteiger charge is -2.45. The second-order valence-electron chi connectivity index (χ2n) is 7.61. The van der Waals surface area contributed by atoms with Crippen molar-refractivity contribution < 1.29 is 19.5 Å². The van der Waals surface area contributed by atoms with E-state index < -0.39 is 24.1 Å². The molecule has 28 heavy (non-hydrogen) atoms. The van der Waals surface area contributed by atoms with Gasteiger partial charge in [0.2, 0.25) is 11.8 Å². The minimum absolute atomic E-state index is 0.106. The highest BCUT2D eigenvalue weighted by Gasteiger charge is 2.50. The monoisotopic (exact) mass is 387 g/mol. The summed E-state index contributed by atoms with van der Waals surface area (Å²) in [7, 11) is 0. The molecule has 152 valence electrons. The quantitative estimate of drug-likeness (QED) is 0.624. The van der Waals surface area contributed by atoms with E-state index in [4.69, 9.17) is 5.73 Å². The normalized spacial score (nSPS) is 23.0. The number of nitrogens with two attached hydrogens (primary N) is 1. The number of piperazine rings is 1. The molecule has 0 aromatic heterocycles. The molecule has 2 amide bonds. The molecule has 1 aromatic rings. The van der Waals surface area contributed by atoms with Crippen LogP contribution in [0.4, 0.5) is 0 Å². The molecule has 1 aromatic carbocycles. The predicted molar refractivity (Wildman–Crippen MR) is 104 cm³/mol. The molecule has 0 aliphatic carbocycles. The number of fused-ring (bicyclic) bond motifs is 1. The molecule has 2 aliphatic rings. The van der Waals surface area contributed by atoms with Crippen molar-refractivity contribution in [3.8, 4) is 0 Å². The van der Waals surface area contributed by atoms with Crippen LogP contribution in [0.2, 0.25) is 0 Å². The van der Waals surface area contributed by atoms with Crippen LogP contribution >= 0.6 is 0 Å². The van der Waals surface area contributed by atoms with Gasteiger partial charge in [-0.1, -0.05) is 30.3 Å². The Morgan fingerprint density at radius 2 is 1.93 bits per heavy atom. The number of benzene rings is 1. The molecule has 7 heteroatoms. The number of carboxylic acids is 1. The predicted octanol–water partition coefficient (Wildman–Crippen LogP) is 1.40. The fourth-order valence-corrected chi connectivity index (χ4v) is 4.37. The maximum absolute atomic E-state index is 13.2. The van der Waals surface area contributed by atoms with Crippen molar-refractivity contribution in [1.29, 1.82) is 0 Å². The van der Waals surface area contributed by atoms with Gasteiger partial charge in [0.25, 0.3) is 0 Å². The summed E-state index contributed by atoms with van der Waals surface area (Å²) in [5, 5.41) is 9.90. The Hall–Kier alpha value is -2.41. The molecule has 0 saturated carbocycles. The van der Waals surface area contributed by atoms with Crippen LogP contribution in [0.3, 0.4) is 0 Å². The van der Waals surface area contributed by atoms with E-state index >= 15 is 0 Å². The smallest absolute Gasteiger partial charge is 0.326 e. The van der Waals surface area contributed by atoms with E-state index in [0.717, 1.165) is 18.4 Å². The number of aliphatic carboxylic acids is 1. The first-order valence-corrected chi connectivity index (χ1v) is 10.1. The Labute approximate surface area is 165 Å². The summed E-state index contributed by atoms with van der Waals surface area (Å²) in [4.78, 5) is 41.4. The average molecular weight is 387 g/mol. The Balaban J connectivity index is 1.83. The van der Waals surface area contributed by atoms with Crippen molar-refractivity contribution in [2.24, 2.45) is 5.73 Å². The van der Waals surface area contributed by atoms with Gasteiger partial charge in [-0.05, 0) is 57.1 Å². The fraction of sp³-hybridized carbons (Fsp3) is 0.571. The van der Waals surface area contributed by atoms with Crippen LogP contribution in [0, 0.1) is 0 Å². The lowest BCUT2D eigenvalue weighted by Crippen LogP contribution is -2.66. The number of amides is 2. The Bertz CT molecular complexity index is 709. The molecule has 2 heterocycles. The van der Waals surface area contributed by atoms with E-state index in [1.54, 1.807) is 4.90 Å². The van der Waals surface area contributed by atoms with Crippen LogP contribution in [-0.2, 0) is 20.8 Å². The summed E-state index contributed by atoms with van der Waals surface area (Å²) < 4.78 is 0. The van der Waals surface area contributed by atoms with E-state index in [-0.39, 0.29) is 11.8 Å². The molecule has 2 unspecified atom stereocenters. The maximum atomic E-state index is 13.2. The molecule has 3 N–H and O–H groups in total. The number of hydrogen-bond donors (Lipinski definition) is 2. The molecule has 3 rings (SSSR count). The zero-order chi connectivity index (χ0) is 20.1. The highest BCUT2D eigenvalue weighted by atomic mass is 16.4. The molecular weight excluding hydrogens is 358 g/mol. The number of carbonyl (C=O) groups excluding carboxylic acids is 2. The van der Waals surface area contributed by atoms with E-state index in [0.29, 0.717) is 45.2 Å². The average Bonchev–Trinajstić information content (AvgIpc) is 3.18. The molecule has 2 saturated heterocycles. The van der Waals surface area contributed by atoms with Gasteiger partial charge in [-0.3, -0.25) is 9.59 Å². The number of unbranched alkanes of at least 4 members (excludes halogenated alkanes) is 1. The van der Waals surface area contributed by atoms with Crippen LogP contribution in [0.25, 0.3) is 0 Å². The van der Waals surface area contributed by atoms with Crippen LogP contribution in [-0.4, -0.2) is 63.9 Å². The van der Waals surface area contributed by atoms with Crippen molar-refractivity contribution in [2.45, 2.75) is 63.1 Å². The maximum Gasteiger partial charge on any atom is 0.326 e. The third-order valence-corrected chi connectivity index (χ3v) is 5.80. The number of hydrogen-bond acceptors (Lipinski definition) is 4. The second-order valence-corrected chi connectivity index (χ2v) is 7.61. The van der Waals surface area contributed by atoms with Gasteiger partial charge in [0.05, 0.1) is 0 Å². The van der Waals surface area contributed by atoms with Crippen LogP contribution in [0.15, 0.2) is 30.3 Å². The van der Waals surface area contributed by atoms with Crippen LogP contribution < -0.4 is 5.73 Å². The van der Waals surface area contributed by atoms with Crippen molar-refractivity contribution in [2.75, 3.05) is 13.1 Å². The second kappa shape index (κ2) is 9.19. The van der Waals surface area contributed by atoms with E-state index in [2.05, 4.69) is 0 Å². The van der Waals surface area contributed by atoms with Gasteiger partial charge in [-0.25, -0.2) is 4.79 Å². The number of rotatable bonds is 9. The van der Waals surface area contributed by atoms with E-state index in [1.165, 1.54) is 4.90 Å². The van der Waals surface area contributed by atoms with Crippen molar-refractivity contribution >= 4 is 17.8 Å². The van der Waals surface area contributed by atoms with Gasteiger partial charge >= 0.3 is 5.97 Å². The van der Waals surface area contributed by atoms with Gasteiger partial charge in [0.15, 0.2) is 0 Å². The summed E-state index contributed by atoms with van der Waals surface area (Å²) in [6.07, 6.45) is 4.13. The van der Waals surface area contributed by atoms with Gasteiger partial charge in [-0.15, -0.1) is 0 Å². The summed E-state index contributed by atoms with van der Waals surface area (Å²) in [6.45, 7) is 1.09. The Morgan fingerprint density at radius 3 is 2.61 bits per heavy atom. The number of carboxylic acid groups (broad SMARTS) is 1. The summed E-state index contributed by atoms with van der Waals surface area (Å²) in [5.41, 5.74) is 6.60. The van der Waals surface area contributed by atoms with Crippen molar-refractivity contribution in [3.63, 3.8) is 0 Å². The van der Waals surface area contributed by atoms with Gasteiger partial charge in [0.1, 0.15) is 18.1 Å². The van der Waals surface area contributed by atoms with E-state index in [1.807, 2.05) is 30.3 Å². The molecule has 0 bridgehead atoms. The third-order valence-electron chi connectivity index (χ3n) is 5.80. The first kappa shape index (κ1) is 20.3.